The smallest absolute Gasteiger partial charge is 0.307 e. The van der Waals surface area contributed by atoms with Crippen molar-refractivity contribution in [2.24, 2.45) is 5.92 Å². The molecule has 94 valence electrons. The number of furan rings is 1. The van der Waals surface area contributed by atoms with Crippen LogP contribution in [-0.2, 0) is 16.0 Å². The summed E-state index contributed by atoms with van der Waals surface area (Å²) < 4.78 is 5.63. The summed E-state index contributed by atoms with van der Waals surface area (Å²) in [7, 11) is 0. The standard InChI is InChI=1S/C11H14O3S.CH2O/c1-2-8-3-4-9(14-8)10-5-7(6-15-10)11(12)13;1-2/h3-4,7,10H,2,5-6H2,1H3,(H,12,13);1H2. The lowest BCUT2D eigenvalue weighted by Crippen LogP contribution is -2.11. The molecule has 0 saturated carbocycles. The molecule has 0 aromatic carbocycles. The first-order chi connectivity index (χ1) is 8.20. The van der Waals surface area contributed by atoms with Crippen LogP contribution in [0.5, 0.6) is 0 Å². The van der Waals surface area contributed by atoms with E-state index in [9.17, 15) is 4.79 Å². The highest BCUT2D eigenvalue weighted by atomic mass is 32.2. The quantitative estimate of drug-likeness (QED) is 0.900. The number of carbonyl (C=O) groups is 2. The number of rotatable bonds is 3. The third-order valence-electron chi connectivity index (χ3n) is 2.69. The Morgan fingerprint density at radius 2 is 2.29 bits per heavy atom. The molecule has 2 unspecified atom stereocenters. The maximum absolute atomic E-state index is 10.8. The zero-order valence-electron chi connectivity index (χ0n) is 9.72. The first-order valence-corrected chi connectivity index (χ1v) is 6.47. The van der Waals surface area contributed by atoms with Crippen LogP contribution >= 0.6 is 11.8 Å². The summed E-state index contributed by atoms with van der Waals surface area (Å²) in [4.78, 5) is 18.8. The number of carboxylic acid groups (broad SMARTS) is 1. The van der Waals surface area contributed by atoms with Gasteiger partial charge in [-0.15, -0.1) is 11.8 Å². The van der Waals surface area contributed by atoms with Crippen LogP contribution in [0.25, 0.3) is 0 Å². The van der Waals surface area contributed by atoms with Crippen molar-refractivity contribution in [1.82, 2.24) is 0 Å². The summed E-state index contributed by atoms with van der Waals surface area (Å²) in [6.07, 6.45) is 1.58. The molecule has 1 aromatic rings. The Labute approximate surface area is 104 Å². The van der Waals surface area contributed by atoms with Gasteiger partial charge in [0.1, 0.15) is 18.3 Å². The zero-order chi connectivity index (χ0) is 12.8. The number of carboxylic acids is 1. The fourth-order valence-electron chi connectivity index (χ4n) is 1.75. The Balaban J connectivity index is 0.000000686. The van der Waals surface area contributed by atoms with Crippen LogP contribution in [0.1, 0.15) is 30.1 Å². The van der Waals surface area contributed by atoms with Gasteiger partial charge in [0.15, 0.2) is 0 Å². The Hall–Kier alpha value is -1.23. The van der Waals surface area contributed by atoms with E-state index in [4.69, 9.17) is 14.3 Å². The van der Waals surface area contributed by atoms with Crippen molar-refractivity contribution in [3.05, 3.63) is 23.7 Å². The molecule has 2 heterocycles. The molecule has 4 nitrogen and oxygen atoms in total. The van der Waals surface area contributed by atoms with Crippen molar-refractivity contribution in [3.63, 3.8) is 0 Å². The second kappa shape index (κ2) is 6.49. The molecule has 2 atom stereocenters. The second-order valence-electron chi connectivity index (χ2n) is 3.75. The molecule has 1 N–H and O–H groups in total. The van der Waals surface area contributed by atoms with Crippen LogP contribution < -0.4 is 0 Å². The van der Waals surface area contributed by atoms with Gasteiger partial charge in [0.25, 0.3) is 0 Å². The lowest BCUT2D eigenvalue weighted by molar-refractivity contribution is -0.140. The number of aryl methyl sites for hydroxylation is 1. The normalized spacial score (nSPS) is 22.9. The Kier molecular flexibility index (Phi) is 5.28. The molecule has 0 radical (unpaired) electrons. The zero-order valence-corrected chi connectivity index (χ0v) is 10.5. The highest BCUT2D eigenvalue weighted by Gasteiger charge is 2.32. The molecule has 2 rings (SSSR count). The van der Waals surface area contributed by atoms with E-state index < -0.39 is 5.97 Å². The topological polar surface area (TPSA) is 67.5 Å². The monoisotopic (exact) mass is 256 g/mol. The number of hydrogen-bond donors (Lipinski definition) is 1. The van der Waals surface area contributed by atoms with Gasteiger partial charge in [-0.1, -0.05) is 6.92 Å². The van der Waals surface area contributed by atoms with Crippen LogP contribution in [0.2, 0.25) is 0 Å². The van der Waals surface area contributed by atoms with Gasteiger partial charge in [-0.25, -0.2) is 0 Å². The first-order valence-electron chi connectivity index (χ1n) is 5.42. The lowest BCUT2D eigenvalue weighted by atomic mass is 10.1. The number of aliphatic carboxylic acids is 1. The van der Waals surface area contributed by atoms with Gasteiger partial charge in [0.2, 0.25) is 0 Å². The Morgan fingerprint density at radius 3 is 2.76 bits per heavy atom. The second-order valence-corrected chi connectivity index (χ2v) is 4.99. The molecule has 1 saturated heterocycles. The average molecular weight is 256 g/mol. The molecular formula is C12H16O4S. The minimum absolute atomic E-state index is 0.213. The van der Waals surface area contributed by atoms with Gasteiger partial charge in [-0.3, -0.25) is 4.79 Å². The molecule has 17 heavy (non-hydrogen) atoms. The van der Waals surface area contributed by atoms with E-state index in [-0.39, 0.29) is 11.2 Å². The van der Waals surface area contributed by atoms with Crippen LogP contribution in [0.4, 0.5) is 0 Å². The minimum atomic E-state index is -0.688. The van der Waals surface area contributed by atoms with E-state index in [0.717, 1.165) is 17.9 Å². The van der Waals surface area contributed by atoms with Crippen LogP contribution in [0.15, 0.2) is 16.5 Å². The van der Waals surface area contributed by atoms with E-state index in [2.05, 4.69) is 0 Å². The van der Waals surface area contributed by atoms with Crippen molar-refractivity contribution in [2.45, 2.75) is 25.0 Å². The molecule has 5 heteroatoms. The summed E-state index contributed by atoms with van der Waals surface area (Å²) in [5.41, 5.74) is 0. The molecule has 1 fully saturated rings. The summed E-state index contributed by atoms with van der Waals surface area (Å²) >= 11 is 1.68. The largest absolute Gasteiger partial charge is 0.481 e. The van der Waals surface area contributed by atoms with E-state index >= 15 is 0 Å². The van der Waals surface area contributed by atoms with Gasteiger partial charge < -0.3 is 14.3 Å². The van der Waals surface area contributed by atoms with E-state index in [1.54, 1.807) is 11.8 Å². The minimum Gasteiger partial charge on any atom is -0.481 e. The van der Waals surface area contributed by atoms with Gasteiger partial charge in [0, 0.05) is 12.2 Å². The van der Waals surface area contributed by atoms with Crippen LogP contribution in [-0.4, -0.2) is 23.6 Å². The van der Waals surface area contributed by atoms with Crippen molar-refractivity contribution < 1.29 is 19.1 Å². The lowest BCUT2D eigenvalue weighted by Gasteiger charge is -2.04. The van der Waals surface area contributed by atoms with Crippen LogP contribution in [0.3, 0.4) is 0 Å². The van der Waals surface area contributed by atoms with Crippen LogP contribution in [0, 0.1) is 5.92 Å². The number of hydrogen-bond acceptors (Lipinski definition) is 4. The maximum atomic E-state index is 10.8. The number of thioether (sulfide) groups is 1. The fraction of sp³-hybridized carbons (Fsp3) is 0.500. The molecule has 0 amide bonds. The third kappa shape index (κ3) is 3.36. The Bertz CT molecular complexity index is 374. The SMILES string of the molecule is C=O.CCc1ccc(C2CC(C(=O)O)CS2)o1. The Morgan fingerprint density at radius 1 is 1.59 bits per heavy atom. The highest BCUT2D eigenvalue weighted by Crippen LogP contribution is 2.43. The molecule has 0 bridgehead atoms. The van der Waals surface area contributed by atoms with Gasteiger partial charge in [-0.05, 0) is 18.6 Å². The van der Waals surface area contributed by atoms with Crippen molar-refractivity contribution in [1.29, 1.82) is 0 Å². The van der Waals surface area contributed by atoms with Gasteiger partial charge >= 0.3 is 5.97 Å². The summed E-state index contributed by atoms with van der Waals surface area (Å²) in [5.74, 6) is 1.70. The maximum Gasteiger partial charge on any atom is 0.307 e. The van der Waals surface area contributed by atoms with E-state index in [1.807, 2.05) is 25.8 Å². The molecule has 0 spiro atoms. The van der Waals surface area contributed by atoms with Crippen molar-refractivity contribution in [3.8, 4) is 0 Å². The van der Waals surface area contributed by atoms with Gasteiger partial charge in [0.05, 0.1) is 11.2 Å². The average Bonchev–Trinajstić information content (AvgIpc) is 3.00. The van der Waals surface area contributed by atoms with E-state index in [0.29, 0.717) is 12.2 Å². The molecular weight excluding hydrogens is 240 g/mol. The molecule has 1 aliphatic heterocycles. The first kappa shape index (κ1) is 13.8. The predicted molar refractivity (Wildman–Crippen MR) is 66.1 cm³/mol. The molecule has 1 aromatic heterocycles. The predicted octanol–water partition coefficient (Wildman–Crippen LogP) is 2.54. The summed E-state index contributed by atoms with van der Waals surface area (Å²) in [6.45, 7) is 4.05. The molecule has 1 aliphatic rings. The molecule has 0 aliphatic carbocycles. The van der Waals surface area contributed by atoms with Crippen molar-refractivity contribution in [2.75, 3.05) is 5.75 Å². The number of carbonyl (C=O) groups excluding carboxylic acids is 1. The summed E-state index contributed by atoms with van der Waals surface area (Å²) in [5, 5.41) is 9.11. The third-order valence-corrected chi connectivity index (χ3v) is 4.12. The van der Waals surface area contributed by atoms with E-state index in [1.165, 1.54) is 0 Å². The van der Waals surface area contributed by atoms with Crippen molar-refractivity contribution >= 4 is 24.5 Å². The fourth-order valence-corrected chi connectivity index (χ4v) is 3.16. The highest BCUT2D eigenvalue weighted by molar-refractivity contribution is 7.99. The summed E-state index contributed by atoms with van der Waals surface area (Å²) in [6, 6.07) is 3.95. The van der Waals surface area contributed by atoms with Gasteiger partial charge in [-0.2, -0.15) is 0 Å².